The molecule has 0 spiro atoms. The average molecular weight is 301 g/mol. The van der Waals surface area contributed by atoms with E-state index in [1.165, 1.54) is 11.1 Å². The van der Waals surface area contributed by atoms with E-state index in [0.717, 1.165) is 19.3 Å². The Morgan fingerprint density at radius 3 is 2.55 bits per heavy atom. The molecule has 2 unspecified atom stereocenters. The third-order valence-electron chi connectivity index (χ3n) is 5.09. The van der Waals surface area contributed by atoms with Crippen LogP contribution in [0.25, 0.3) is 0 Å². The number of carboxylic acids is 1. The Hall–Kier alpha value is -1.84. The van der Waals surface area contributed by atoms with Gasteiger partial charge in [0, 0.05) is 25.4 Å². The van der Waals surface area contributed by atoms with E-state index >= 15 is 0 Å². The van der Waals surface area contributed by atoms with Crippen LogP contribution in [-0.4, -0.2) is 35.0 Å². The number of carboxylic acid groups (broad SMARTS) is 1. The van der Waals surface area contributed by atoms with Crippen LogP contribution in [0.3, 0.4) is 0 Å². The predicted octanol–water partition coefficient (Wildman–Crippen LogP) is 2.81. The molecular weight excluding hydrogens is 278 g/mol. The van der Waals surface area contributed by atoms with E-state index in [9.17, 15) is 9.59 Å². The highest BCUT2D eigenvalue weighted by Gasteiger charge is 2.46. The number of rotatable bonds is 4. The van der Waals surface area contributed by atoms with Gasteiger partial charge in [0.05, 0.1) is 0 Å². The summed E-state index contributed by atoms with van der Waals surface area (Å²) in [5.41, 5.74) is 2.57. The quantitative estimate of drug-likeness (QED) is 0.930. The topological polar surface area (TPSA) is 57.6 Å². The summed E-state index contributed by atoms with van der Waals surface area (Å²) in [4.78, 5) is 25.3. The maximum atomic E-state index is 12.6. The Morgan fingerprint density at radius 1 is 1.23 bits per heavy atom. The zero-order valence-corrected chi connectivity index (χ0v) is 13.0. The number of likely N-dealkylation sites (tertiary alicyclic amines) is 1. The van der Waals surface area contributed by atoms with Crippen LogP contribution in [-0.2, 0) is 9.59 Å². The Balaban J connectivity index is 1.54. The summed E-state index contributed by atoms with van der Waals surface area (Å²) >= 11 is 0. The number of aryl methyl sites for hydroxylation is 1. The molecule has 1 saturated carbocycles. The largest absolute Gasteiger partial charge is 0.481 e. The summed E-state index contributed by atoms with van der Waals surface area (Å²) in [6, 6.07) is 8.31. The van der Waals surface area contributed by atoms with Crippen molar-refractivity contribution >= 4 is 11.9 Å². The summed E-state index contributed by atoms with van der Waals surface area (Å²) < 4.78 is 0. The van der Waals surface area contributed by atoms with E-state index < -0.39 is 5.97 Å². The molecule has 1 N–H and O–H groups in total. The van der Waals surface area contributed by atoms with Gasteiger partial charge >= 0.3 is 5.97 Å². The summed E-state index contributed by atoms with van der Waals surface area (Å²) in [5.74, 6) is 0.282. The van der Waals surface area contributed by atoms with Gasteiger partial charge in [-0.15, -0.1) is 0 Å². The van der Waals surface area contributed by atoms with Gasteiger partial charge in [-0.2, -0.15) is 0 Å². The number of aliphatic carboxylic acids is 1. The molecule has 2 aliphatic rings. The van der Waals surface area contributed by atoms with Crippen molar-refractivity contribution in [2.75, 3.05) is 13.1 Å². The standard InChI is InChI=1S/C18H23NO3/c1-12-4-2-3-5-14(12)15-11-16(15)18(22)19-8-6-13(7-9-19)10-17(20)21/h2-5,13,15-16H,6-11H2,1H3,(H,20,21). The minimum atomic E-state index is -0.730. The molecule has 1 heterocycles. The van der Waals surface area contributed by atoms with Gasteiger partial charge in [-0.25, -0.2) is 0 Å². The Morgan fingerprint density at radius 2 is 1.91 bits per heavy atom. The lowest BCUT2D eigenvalue weighted by Gasteiger charge is -2.31. The summed E-state index contributed by atoms with van der Waals surface area (Å²) in [6.45, 7) is 3.54. The molecule has 4 nitrogen and oxygen atoms in total. The molecule has 1 aliphatic carbocycles. The van der Waals surface area contributed by atoms with Crippen LogP contribution >= 0.6 is 0 Å². The summed E-state index contributed by atoms with van der Waals surface area (Å²) in [6.07, 6.45) is 2.83. The minimum absolute atomic E-state index is 0.136. The highest BCUT2D eigenvalue weighted by atomic mass is 16.4. The van der Waals surface area contributed by atoms with Gasteiger partial charge in [-0.3, -0.25) is 9.59 Å². The molecule has 1 saturated heterocycles. The van der Waals surface area contributed by atoms with E-state index in [1.807, 2.05) is 17.0 Å². The first-order valence-electron chi connectivity index (χ1n) is 8.12. The fourth-order valence-corrected chi connectivity index (χ4v) is 3.65. The van der Waals surface area contributed by atoms with Crippen LogP contribution in [0, 0.1) is 18.8 Å². The lowest BCUT2D eigenvalue weighted by Crippen LogP contribution is -2.40. The predicted molar refractivity (Wildman–Crippen MR) is 83.6 cm³/mol. The van der Waals surface area contributed by atoms with E-state index in [2.05, 4.69) is 19.1 Å². The lowest BCUT2D eigenvalue weighted by molar-refractivity contribution is -0.138. The smallest absolute Gasteiger partial charge is 0.303 e. The first-order chi connectivity index (χ1) is 10.6. The Bertz CT molecular complexity index is 575. The number of amides is 1. The number of hydrogen-bond donors (Lipinski definition) is 1. The molecule has 0 bridgehead atoms. The monoisotopic (exact) mass is 301 g/mol. The molecule has 1 aliphatic heterocycles. The van der Waals surface area contributed by atoms with Gasteiger partial charge in [0.25, 0.3) is 0 Å². The molecule has 1 aromatic rings. The summed E-state index contributed by atoms with van der Waals surface area (Å²) in [5, 5.41) is 8.85. The molecule has 118 valence electrons. The summed E-state index contributed by atoms with van der Waals surface area (Å²) in [7, 11) is 0. The van der Waals surface area contributed by atoms with Gasteiger partial charge in [0.2, 0.25) is 5.91 Å². The van der Waals surface area contributed by atoms with Gasteiger partial charge in [-0.05, 0) is 49.1 Å². The van der Waals surface area contributed by atoms with Crippen LogP contribution in [0.15, 0.2) is 24.3 Å². The highest BCUT2D eigenvalue weighted by molar-refractivity contribution is 5.83. The van der Waals surface area contributed by atoms with Crippen molar-refractivity contribution in [1.29, 1.82) is 0 Å². The van der Waals surface area contributed by atoms with Crippen molar-refractivity contribution in [1.82, 2.24) is 4.90 Å². The van der Waals surface area contributed by atoms with Crippen molar-refractivity contribution in [3.05, 3.63) is 35.4 Å². The van der Waals surface area contributed by atoms with E-state index in [4.69, 9.17) is 5.11 Å². The zero-order valence-electron chi connectivity index (χ0n) is 13.0. The van der Waals surface area contributed by atoms with Crippen LogP contribution in [0.5, 0.6) is 0 Å². The molecule has 0 radical (unpaired) electrons. The van der Waals surface area contributed by atoms with Crippen LogP contribution < -0.4 is 0 Å². The maximum Gasteiger partial charge on any atom is 0.303 e. The van der Waals surface area contributed by atoms with Crippen molar-refractivity contribution in [2.24, 2.45) is 11.8 Å². The number of nitrogens with zero attached hydrogens (tertiary/aromatic N) is 1. The second kappa shape index (κ2) is 6.11. The second-order valence-corrected chi connectivity index (χ2v) is 6.67. The SMILES string of the molecule is Cc1ccccc1C1CC1C(=O)N1CCC(CC(=O)O)CC1. The van der Waals surface area contributed by atoms with Crippen LogP contribution in [0.4, 0.5) is 0 Å². The van der Waals surface area contributed by atoms with E-state index in [1.54, 1.807) is 0 Å². The molecular formula is C18H23NO3. The van der Waals surface area contributed by atoms with Crippen molar-refractivity contribution in [3.8, 4) is 0 Å². The van der Waals surface area contributed by atoms with Gasteiger partial charge in [0.15, 0.2) is 0 Å². The number of carbonyl (C=O) groups is 2. The number of hydrogen-bond acceptors (Lipinski definition) is 2. The zero-order chi connectivity index (χ0) is 15.7. The van der Waals surface area contributed by atoms with Crippen LogP contribution in [0.2, 0.25) is 0 Å². The Kier molecular flexibility index (Phi) is 4.19. The van der Waals surface area contributed by atoms with Crippen LogP contribution in [0.1, 0.15) is 42.7 Å². The molecule has 1 amide bonds. The molecule has 22 heavy (non-hydrogen) atoms. The maximum absolute atomic E-state index is 12.6. The van der Waals surface area contributed by atoms with Gasteiger partial charge in [0.1, 0.15) is 0 Å². The molecule has 3 rings (SSSR count). The molecule has 1 aromatic carbocycles. The fraction of sp³-hybridized carbons (Fsp3) is 0.556. The minimum Gasteiger partial charge on any atom is -0.481 e. The van der Waals surface area contributed by atoms with E-state index in [0.29, 0.717) is 19.0 Å². The van der Waals surface area contributed by atoms with Crippen molar-refractivity contribution in [2.45, 2.75) is 38.5 Å². The third kappa shape index (κ3) is 3.16. The molecule has 2 fully saturated rings. The lowest BCUT2D eigenvalue weighted by atomic mass is 9.93. The highest BCUT2D eigenvalue weighted by Crippen LogP contribution is 2.49. The number of carbonyl (C=O) groups excluding carboxylic acids is 1. The second-order valence-electron chi connectivity index (χ2n) is 6.67. The third-order valence-corrected chi connectivity index (χ3v) is 5.09. The fourth-order valence-electron chi connectivity index (χ4n) is 3.65. The first kappa shape index (κ1) is 15.1. The normalized spacial score (nSPS) is 25.0. The molecule has 4 heteroatoms. The van der Waals surface area contributed by atoms with E-state index in [-0.39, 0.29) is 24.2 Å². The number of benzene rings is 1. The van der Waals surface area contributed by atoms with Gasteiger partial charge < -0.3 is 10.0 Å². The van der Waals surface area contributed by atoms with Gasteiger partial charge in [-0.1, -0.05) is 24.3 Å². The Labute approximate surface area is 131 Å². The average Bonchev–Trinajstić information content (AvgIpc) is 3.27. The number of piperidine rings is 1. The molecule has 0 aromatic heterocycles. The van der Waals surface area contributed by atoms with Crippen molar-refractivity contribution in [3.63, 3.8) is 0 Å². The van der Waals surface area contributed by atoms with Crippen molar-refractivity contribution < 1.29 is 14.7 Å². The first-order valence-corrected chi connectivity index (χ1v) is 8.12. The molecule has 2 atom stereocenters.